The van der Waals surface area contributed by atoms with Gasteiger partial charge in [0.1, 0.15) is 16.9 Å². The molecule has 0 radical (unpaired) electrons. The predicted octanol–water partition coefficient (Wildman–Crippen LogP) is 1.40. The fourth-order valence-corrected chi connectivity index (χ4v) is 3.72. The highest BCUT2D eigenvalue weighted by Gasteiger charge is 2.21. The van der Waals surface area contributed by atoms with E-state index in [9.17, 15) is 24.3 Å². The summed E-state index contributed by atoms with van der Waals surface area (Å²) in [6, 6.07) is 2.39. The van der Waals surface area contributed by atoms with Crippen molar-refractivity contribution in [3.63, 3.8) is 0 Å². The Hall–Kier alpha value is -3.62. The van der Waals surface area contributed by atoms with Crippen molar-refractivity contribution in [2.24, 2.45) is 5.92 Å². The van der Waals surface area contributed by atoms with E-state index in [-0.39, 0.29) is 17.9 Å². The van der Waals surface area contributed by atoms with Crippen molar-refractivity contribution in [1.82, 2.24) is 10.6 Å². The second-order valence-corrected chi connectivity index (χ2v) is 8.32. The number of carboxylic acids is 1. The van der Waals surface area contributed by atoms with E-state index in [2.05, 4.69) is 10.6 Å². The summed E-state index contributed by atoms with van der Waals surface area (Å²) in [4.78, 5) is 48.3. The van der Waals surface area contributed by atoms with Crippen LogP contribution >= 0.6 is 0 Å². The van der Waals surface area contributed by atoms with Gasteiger partial charge in [-0.3, -0.25) is 9.59 Å². The Morgan fingerprint density at radius 1 is 1.00 bits per heavy atom. The second-order valence-electron chi connectivity index (χ2n) is 8.32. The predicted molar refractivity (Wildman–Crippen MR) is 120 cm³/mol. The van der Waals surface area contributed by atoms with Crippen LogP contribution in [-0.2, 0) is 20.8 Å². The average Bonchev–Trinajstić information content (AvgIpc) is 3.04. The number of hydrogen-bond acceptors (Lipinski definition) is 7. The van der Waals surface area contributed by atoms with Crippen molar-refractivity contribution in [3.05, 3.63) is 45.0 Å². The zero-order valence-electron chi connectivity index (χ0n) is 19.3. The number of rotatable bonds is 8. The van der Waals surface area contributed by atoms with E-state index in [1.807, 2.05) is 19.9 Å². The molecule has 0 aliphatic carbocycles. The van der Waals surface area contributed by atoms with Gasteiger partial charge in [0.05, 0.1) is 30.5 Å². The number of aliphatic carboxylic acids is 1. The Morgan fingerprint density at radius 2 is 1.64 bits per heavy atom. The Balaban J connectivity index is 1.76. The van der Waals surface area contributed by atoms with Crippen LogP contribution in [0, 0.1) is 26.7 Å². The van der Waals surface area contributed by atoms with Gasteiger partial charge in [-0.1, -0.05) is 20.3 Å². The van der Waals surface area contributed by atoms with Crippen LogP contribution in [-0.4, -0.2) is 30.4 Å². The zero-order valence-corrected chi connectivity index (χ0v) is 19.3. The molecule has 3 aromatic rings. The molecule has 9 nitrogen and oxygen atoms in total. The molecular formula is C24H27N2O7-. The number of hydrogen-bond donors (Lipinski definition) is 2. The van der Waals surface area contributed by atoms with E-state index < -0.39 is 36.0 Å². The van der Waals surface area contributed by atoms with Crippen molar-refractivity contribution in [2.75, 3.05) is 6.54 Å². The molecule has 9 heteroatoms. The molecule has 3 rings (SSSR count). The number of furan rings is 1. The van der Waals surface area contributed by atoms with E-state index in [0.29, 0.717) is 28.5 Å². The fraction of sp³-hybridized carbons (Fsp3) is 0.417. The summed E-state index contributed by atoms with van der Waals surface area (Å²) in [5, 5.41) is 17.6. The number of benzene rings is 1. The summed E-state index contributed by atoms with van der Waals surface area (Å²) >= 11 is 0. The van der Waals surface area contributed by atoms with E-state index in [0.717, 1.165) is 16.7 Å². The van der Waals surface area contributed by atoms with Crippen molar-refractivity contribution < 1.29 is 28.3 Å². The molecule has 2 N–H and O–H groups in total. The lowest BCUT2D eigenvalue weighted by Gasteiger charge is -2.25. The third-order valence-corrected chi connectivity index (χ3v) is 6.15. The first-order valence-electron chi connectivity index (χ1n) is 10.8. The molecule has 1 aromatic carbocycles. The minimum absolute atomic E-state index is 0.185. The average molecular weight is 455 g/mol. The highest BCUT2D eigenvalue weighted by atomic mass is 16.4. The maximum Gasteiger partial charge on any atom is 0.340 e. The molecule has 0 aliphatic rings. The van der Waals surface area contributed by atoms with Crippen LogP contribution in [0.5, 0.6) is 0 Å². The summed E-state index contributed by atoms with van der Waals surface area (Å²) < 4.78 is 11.1. The molecule has 0 spiro atoms. The number of carbonyl (C=O) groups excluding carboxylic acids is 3. The van der Waals surface area contributed by atoms with Gasteiger partial charge in [-0.25, -0.2) is 4.79 Å². The van der Waals surface area contributed by atoms with Crippen LogP contribution in [0.2, 0.25) is 0 Å². The number of aryl methyl sites for hydroxylation is 3. The lowest BCUT2D eigenvalue weighted by molar-refractivity contribution is -0.309. The maximum absolute atomic E-state index is 12.5. The lowest BCUT2D eigenvalue weighted by Crippen LogP contribution is -2.53. The summed E-state index contributed by atoms with van der Waals surface area (Å²) in [7, 11) is 0. The number of carboxylic acid groups (broad SMARTS) is 1. The van der Waals surface area contributed by atoms with Crippen LogP contribution in [0.4, 0.5) is 0 Å². The smallest absolute Gasteiger partial charge is 0.340 e. The molecule has 2 aromatic heterocycles. The van der Waals surface area contributed by atoms with Crippen molar-refractivity contribution in [1.29, 1.82) is 0 Å². The van der Waals surface area contributed by atoms with Gasteiger partial charge in [-0.2, -0.15) is 0 Å². The highest BCUT2D eigenvalue weighted by molar-refractivity contribution is 5.97. The minimum Gasteiger partial charge on any atom is -0.548 e. The topological polar surface area (TPSA) is 142 Å². The molecule has 0 fully saturated rings. The van der Waals surface area contributed by atoms with Crippen molar-refractivity contribution >= 4 is 39.7 Å². The van der Waals surface area contributed by atoms with Crippen LogP contribution in [0.3, 0.4) is 0 Å². The molecule has 2 heterocycles. The van der Waals surface area contributed by atoms with E-state index in [1.165, 1.54) is 0 Å². The summed E-state index contributed by atoms with van der Waals surface area (Å²) in [6.45, 7) is 8.58. The molecule has 176 valence electrons. The summed E-state index contributed by atoms with van der Waals surface area (Å²) in [5.41, 5.74) is 2.10. The van der Waals surface area contributed by atoms with Gasteiger partial charge < -0.3 is 29.4 Å². The quantitative estimate of drug-likeness (QED) is 0.489. The second kappa shape index (κ2) is 9.48. The molecule has 33 heavy (non-hydrogen) atoms. The number of fused-ring (bicyclic) bond motifs is 2. The van der Waals surface area contributed by atoms with Gasteiger partial charge in [-0.05, 0) is 43.9 Å². The van der Waals surface area contributed by atoms with Gasteiger partial charge >= 0.3 is 5.63 Å². The standard InChI is InChI=1S/C24H28N2O7/c1-6-11(2)22(23(29)30)26-21(28)10-25-20(27)8-17-13(4)16-7-15-12(3)14(5)32-18(15)9-19(16)33-24(17)31/h7,9,11,22H,6,8,10H2,1-5H3,(H,25,27)(H,26,28)(H,29,30)/p-1/t11-,22+/m1/s1. The van der Waals surface area contributed by atoms with Crippen LogP contribution in [0.25, 0.3) is 21.9 Å². The minimum atomic E-state index is -1.38. The number of amides is 2. The first-order chi connectivity index (χ1) is 15.5. The molecule has 0 bridgehead atoms. The van der Waals surface area contributed by atoms with E-state index >= 15 is 0 Å². The van der Waals surface area contributed by atoms with Crippen molar-refractivity contribution in [2.45, 2.75) is 53.5 Å². The fourth-order valence-electron chi connectivity index (χ4n) is 3.72. The Labute approximate surface area is 190 Å². The van der Waals surface area contributed by atoms with E-state index in [1.54, 1.807) is 26.8 Å². The molecular weight excluding hydrogens is 428 g/mol. The van der Waals surface area contributed by atoms with Gasteiger partial charge in [0, 0.05) is 16.8 Å². The van der Waals surface area contributed by atoms with E-state index in [4.69, 9.17) is 8.83 Å². The lowest BCUT2D eigenvalue weighted by atomic mass is 9.99. The highest BCUT2D eigenvalue weighted by Crippen LogP contribution is 2.30. The van der Waals surface area contributed by atoms with Gasteiger partial charge in [0.2, 0.25) is 11.8 Å². The normalized spacial score (nSPS) is 13.1. The first-order valence-corrected chi connectivity index (χ1v) is 10.8. The van der Waals surface area contributed by atoms with Crippen LogP contribution < -0.4 is 21.4 Å². The zero-order chi connectivity index (χ0) is 24.4. The Kier molecular flexibility index (Phi) is 6.90. The maximum atomic E-state index is 12.5. The number of carbonyl (C=O) groups is 3. The third kappa shape index (κ3) is 4.92. The van der Waals surface area contributed by atoms with Crippen LogP contribution in [0.1, 0.15) is 42.7 Å². The molecule has 0 saturated carbocycles. The molecule has 0 unspecified atom stereocenters. The van der Waals surface area contributed by atoms with Gasteiger partial charge in [0.15, 0.2) is 0 Å². The molecule has 0 aliphatic heterocycles. The molecule has 2 atom stereocenters. The Morgan fingerprint density at radius 3 is 2.27 bits per heavy atom. The number of nitrogens with one attached hydrogen (secondary N) is 2. The van der Waals surface area contributed by atoms with Crippen molar-refractivity contribution in [3.8, 4) is 0 Å². The molecule has 0 saturated heterocycles. The largest absolute Gasteiger partial charge is 0.548 e. The SMILES string of the molecule is CC[C@@H](C)[C@H](NC(=O)CNC(=O)Cc1c(C)c2cc3c(C)c(C)oc3cc2oc1=O)C(=O)[O-]. The van der Waals surface area contributed by atoms with Crippen LogP contribution in [0.15, 0.2) is 25.8 Å². The summed E-state index contributed by atoms with van der Waals surface area (Å²) in [6.07, 6.45) is 0.251. The third-order valence-electron chi connectivity index (χ3n) is 6.15. The monoisotopic (exact) mass is 455 g/mol. The molecule has 2 amide bonds. The summed E-state index contributed by atoms with van der Waals surface area (Å²) in [5.74, 6) is -2.16. The van der Waals surface area contributed by atoms with Gasteiger partial charge in [0.25, 0.3) is 0 Å². The van der Waals surface area contributed by atoms with Gasteiger partial charge in [-0.15, -0.1) is 0 Å². The Bertz CT molecular complexity index is 1300. The first kappa shape index (κ1) is 24.0.